The third kappa shape index (κ3) is 3.72. The summed E-state index contributed by atoms with van der Waals surface area (Å²) in [6.07, 6.45) is -4.38. The molecule has 2 aromatic carbocycles. The van der Waals surface area contributed by atoms with Gasteiger partial charge in [-0.05, 0) is 51.8 Å². The van der Waals surface area contributed by atoms with Crippen LogP contribution in [0.15, 0.2) is 46.9 Å². The lowest BCUT2D eigenvalue weighted by Gasteiger charge is -2.12. The van der Waals surface area contributed by atoms with Gasteiger partial charge < -0.3 is 5.32 Å². The van der Waals surface area contributed by atoms with E-state index in [4.69, 9.17) is 0 Å². The van der Waals surface area contributed by atoms with Crippen molar-refractivity contribution in [3.63, 3.8) is 0 Å². The predicted molar refractivity (Wildman–Crippen MR) is 72.9 cm³/mol. The van der Waals surface area contributed by atoms with E-state index in [0.29, 0.717) is 16.7 Å². The van der Waals surface area contributed by atoms with Crippen molar-refractivity contribution >= 4 is 21.6 Å². The van der Waals surface area contributed by atoms with Crippen LogP contribution in [-0.4, -0.2) is 0 Å². The van der Waals surface area contributed by atoms with E-state index >= 15 is 0 Å². The molecular formula is C14H10BrF4N. The molecule has 2 rings (SSSR count). The number of anilines is 1. The maximum Gasteiger partial charge on any atom is 0.416 e. The van der Waals surface area contributed by atoms with Crippen LogP contribution < -0.4 is 5.32 Å². The van der Waals surface area contributed by atoms with Crippen LogP contribution in [0.5, 0.6) is 0 Å². The molecule has 0 fully saturated rings. The number of halogens is 5. The first kappa shape index (κ1) is 14.8. The molecule has 6 heteroatoms. The maximum absolute atomic E-state index is 12.7. The van der Waals surface area contributed by atoms with E-state index in [0.717, 1.165) is 17.7 Å². The van der Waals surface area contributed by atoms with Gasteiger partial charge in [0.05, 0.1) is 5.56 Å². The predicted octanol–water partition coefficient (Wildman–Crippen LogP) is 5.22. The monoisotopic (exact) mass is 347 g/mol. The summed E-state index contributed by atoms with van der Waals surface area (Å²) in [5, 5.41) is 2.89. The highest BCUT2D eigenvalue weighted by atomic mass is 79.9. The Morgan fingerprint density at radius 2 is 1.65 bits per heavy atom. The Bertz CT molecular complexity index is 593. The molecule has 1 N–H and O–H groups in total. The van der Waals surface area contributed by atoms with E-state index in [2.05, 4.69) is 21.2 Å². The van der Waals surface area contributed by atoms with Crippen molar-refractivity contribution in [3.05, 3.63) is 63.9 Å². The zero-order chi connectivity index (χ0) is 14.8. The smallest absolute Gasteiger partial charge is 0.380 e. The molecule has 0 spiro atoms. The molecule has 0 aliphatic carbocycles. The summed E-state index contributed by atoms with van der Waals surface area (Å²) in [7, 11) is 0. The lowest BCUT2D eigenvalue weighted by molar-refractivity contribution is -0.137. The molecule has 0 heterocycles. The van der Waals surface area contributed by atoms with Crippen LogP contribution in [0, 0.1) is 5.82 Å². The first-order chi connectivity index (χ1) is 9.36. The Labute approximate surface area is 121 Å². The van der Waals surface area contributed by atoms with Gasteiger partial charge in [-0.3, -0.25) is 0 Å². The van der Waals surface area contributed by atoms with Crippen molar-refractivity contribution in [3.8, 4) is 0 Å². The van der Waals surface area contributed by atoms with Crippen LogP contribution in [0.2, 0.25) is 0 Å². The van der Waals surface area contributed by atoms with E-state index in [1.54, 1.807) is 12.1 Å². The minimum atomic E-state index is -4.38. The fourth-order valence-corrected chi connectivity index (χ4v) is 2.02. The average Bonchev–Trinajstić information content (AvgIpc) is 2.38. The summed E-state index contributed by atoms with van der Waals surface area (Å²) in [5.74, 6) is -0.353. The Morgan fingerprint density at radius 1 is 1.00 bits per heavy atom. The summed E-state index contributed by atoms with van der Waals surface area (Å²) in [4.78, 5) is 0. The van der Waals surface area contributed by atoms with Crippen molar-refractivity contribution in [2.75, 3.05) is 5.32 Å². The second-order valence-corrected chi connectivity index (χ2v) is 5.03. The van der Waals surface area contributed by atoms with Gasteiger partial charge in [-0.2, -0.15) is 13.2 Å². The van der Waals surface area contributed by atoms with E-state index in [1.165, 1.54) is 18.2 Å². The van der Waals surface area contributed by atoms with E-state index in [9.17, 15) is 17.6 Å². The van der Waals surface area contributed by atoms with Gasteiger partial charge in [-0.25, -0.2) is 4.39 Å². The molecule has 2 aromatic rings. The molecule has 106 valence electrons. The Hall–Kier alpha value is -1.56. The molecule has 0 aliphatic heterocycles. The van der Waals surface area contributed by atoms with Crippen molar-refractivity contribution in [2.45, 2.75) is 12.7 Å². The van der Waals surface area contributed by atoms with Crippen LogP contribution >= 0.6 is 15.9 Å². The molecular weight excluding hydrogens is 338 g/mol. The SMILES string of the molecule is Fc1ccc(CNc2cc(C(F)(F)F)ccc2Br)cc1. The Balaban J connectivity index is 2.14. The topological polar surface area (TPSA) is 12.0 Å². The summed E-state index contributed by atoms with van der Waals surface area (Å²) >= 11 is 3.19. The van der Waals surface area contributed by atoms with Crippen molar-refractivity contribution < 1.29 is 17.6 Å². The zero-order valence-corrected chi connectivity index (χ0v) is 11.7. The van der Waals surface area contributed by atoms with Crippen molar-refractivity contribution in [1.29, 1.82) is 0 Å². The number of hydrogen-bond acceptors (Lipinski definition) is 1. The Morgan fingerprint density at radius 3 is 2.25 bits per heavy atom. The second-order valence-electron chi connectivity index (χ2n) is 4.17. The average molecular weight is 348 g/mol. The number of benzene rings is 2. The van der Waals surface area contributed by atoms with Crippen LogP contribution in [0.25, 0.3) is 0 Å². The number of hydrogen-bond donors (Lipinski definition) is 1. The highest BCUT2D eigenvalue weighted by Gasteiger charge is 2.30. The molecule has 0 aromatic heterocycles. The van der Waals surface area contributed by atoms with Crippen molar-refractivity contribution in [2.24, 2.45) is 0 Å². The van der Waals surface area contributed by atoms with Gasteiger partial charge in [0, 0.05) is 16.7 Å². The maximum atomic E-state index is 12.7. The van der Waals surface area contributed by atoms with Crippen LogP contribution in [0.3, 0.4) is 0 Å². The summed E-state index contributed by atoms with van der Waals surface area (Å²) < 4.78 is 51.1. The lowest BCUT2D eigenvalue weighted by Crippen LogP contribution is -2.07. The minimum absolute atomic E-state index is 0.306. The molecule has 0 bridgehead atoms. The molecule has 0 radical (unpaired) electrons. The highest BCUT2D eigenvalue weighted by Crippen LogP contribution is 2.34. The van der Waals surface area contributed by atoms with Gasteiger partial charge in [0.15, 0.2) is 0 Å². The molecule has 0 atom stereocenters. The largest absolute Gasteiger partial charge is 0.416 e. The molecule has 0 aliphatic rings. The summed E-state index contributed by atoms with van der Waals surface area (Å²) in [6.45, 7) is 0.306. The van der Waals surface area contributed by atoms with E-state index in [1.807, 2.05) is 0 Å². The third-order valence-electron chi connectivity index (χ3n) is 2.69. The van der Waals surface area contributed by atoms with E-state index < -0.39 is 11.7 Å². The normalized spacial score (nSPS) is 11.4. The fraction of sp³-hybridized carbons (Fsp3) is 0.143. The zero-order valence-electron chi connectivity index (χ0n) is 10.1. The molecule has 20 heavy (non-hydrogen) atoms. The van der Waals surface area contributed by atoms with Crippen LogP contribution in [0.1, 0.15) is 11.1 Å². The van der Waals surface area contributed by atoms with Gasteiger partial charge in [-0.1, -0.05) is 12.1 Å². The quantitative estimate of drug-likeness (QED) is 0.750. The lowest BCUT2D eigenvalue weighted by atomic mass is 10.1. The number of alkyl halides is 3. The van der Waals surface area contributed by atoms with Crippen molar-refractivity contribution in [1.82, 2.24) is 0 Å². The molecule has 0 saturated carbocycles. The third-order valence-corrected chi connectivity index (χ3v) is 3.38. The number of rotatable bonds is 3. The van der Waals surface area contributed by atoms with Gasteiger partial charge in [0.1, 0.15) is 5.82 Å². The molecule has 0 saturated heterocycles. The minimum Gasteiger partial charge on any atom is -0.380 e. The van der Waals surface area contributed by atoms with Crippen LogP contribution in [0.4, 0.5) is 23.2 Å². The standard InChI is InChI=1S/C14H10BrF4N/c15-12-6-3-10(14(17,18)19)7-13(12)20-8-9-1-4-11(16)5-2-9/h1-7,20H,8H2. The van der Waals surface area contributed by atoms with Gasteiger partial charge >= 0.3 is 6.18 Å². The second kappa shape index (κ2) is 5.83. The van der Waals surface area contributed by atoms with Gasteiger partial charge in [-0.15, -0.1) is 0 Å². The number of nitrogens with one attached hydrogen (secondary N) is 1. The fourth-order valence-electron chi connectivity index (χ4n) is 1.64. The van der Waals surface area contributed by atoms with Crippen LogP contribution in [-0.2, 0) is 12.7 Å². The Kier molecular flexibility index (Phi) is 4.32. The molecule has 1 nitrogen and oxygen atoms in total. The van der Waals surface area contributed by atoms with Gasteiger partial charge in [0.2, 0.25) is 0 Å². The summed E-state index contributed by atoms with van der Waals surface area (Å²) in [6, 6.07) is 9.14. The highest BCUT2D eigenvalue weighted by molar-refractivity contribution is 9.10. The summed E-state index contributed by atoms with van der Waals surface area (Å²) in [5.41, 5.74) is 0.391. The van der Waals surface area contributed by atoms with Gasteiger partial charge in [0.25, 0.3) is 0 Å². The first-order valence-corrected chi connectivity index (χ1v) is 6.50. The molecule has 0 amide bonds. The molecule has 0 unspecified atom stereocenters. The first-order valence-electron chi connectivity index (χ1n) is 5.71. The van der Waals surface area contributed by atoms with E-state index in [-0.39, 0.29) is 5.82 Å².